The number of hydrogen-bond acceptors (Lipinski definition) is 2. The number of urea groups is 1. The highest BCUT2D eigenvalue weighted by Crippen LogP contribution is 2.16. The molecule has 2 unspecified atom stereocenters. The fraction of sp³-hybridized carbons (Fsp3) is 0.833. The Balaban J connectivity index is 2.24. The van der Waals surface area contributed by atoms with E-state index >= 15 is 0 Å². The van der Waals surface area contributed by atoms with Gasteiger partial charge in [-0.25, -0.2) is 4.79 Å². The van der Waals surface area contributed by atoms with E-state index in [0.29, 0.717) is 19.0 Å². The van der Waals surface area contributed by atoms with Crippen LogP contribution in [0.2, 0.25) is 0 Å². The highest BCUT2D eigenvalue weighted by Gasteiger charge is 2.35. The lowest BCUT2D eigenvalue weighted by atomic mass is 9.99. The monoisotopic (exact) mass is 242 g/mol. The van der Waals surface area contributed by atoms with Crippen molar-refractivity contribution in [2.45, 2.75) is 39.7 Å². The number of likely N-dealkylation sites (tertiary alicyclic amines) is 1. The first-order valence-corrected chi connectivity index (χ1v) is 6.22. The molecule has 2 amide bonds. The SMILES string of the molecule is CCC(C)CC(C)NC(=O)N1CC(C(=O)O)C1. The Bertz CT molecular complexity index is 287. The molecule has 5 nitrogen and oxygen atoms in total. The van der Waals surface area contributed by atoms with Crippen LogP contribution >= 0.6 is 0 Å². The quantitative estimate of drug-likeness (QED) is 0.768. The molecule has 2 atom stereocenters. The topological polar surface area (TPSA) is 69.6 Å². The zero-order valence-corrected chi connectivity index (χ0v) is 10.8. The van der Waals surface area contributed by atoms with Crippen LogP contribution in [0.15, 0.2) is 0 Å². The molecule has 1 aliphatic rings. The molecule has 1 fully saturated rings. The minimum Gasteiger partial charge on any atom is -0.481 e. The first kappa shape index (κ1) is 13.8. The van der Waals surface area contributed by atoms with E-state index in [1.165, 1.54) is 0 Å². The molecule has 0 bridgehead atoms. The lowest BCUT2D eigenvalue weighted by Crippen LogP contribution is -2.57. The molecule has 5 heteroatoms. The predicted molar refractivity (Wildman–Crippen MR) is 64.8 cm³/mol. The Hall–Kier alpha value is -1.26. The largest absolute Gasteiger partial charge is 0.481 e. The molecule has 1 heterocycles. The van der Waals surface area contributed by atoms with Crippen molar-refractivity contribution in [3.05, 3.63) is 0 Å². The van der Waals surface area contributed by atoms with Gasteiger partial charge >= 0.3 is 12.0 Å². The fourth-order valence-corrected chi connectivity index (χ4v) is 1.93. The summed E-state index contributed by atoms with van der Waals surface area (Å²) in [5.41, 5.74) is 0. The third-order valence-electron chi connectivity index (χ3n) is 3.34. The highest BCUT2D eigenvalue weighted by molar-refractivity contribution is 5.79. The van der Waals surface area contributed by atoms with E-state index in [1.54, 1.807) is 4.90 Å². The van der Waals surface area contributed by atoms with Crippen LogP contribution in [0.3, 0.4) is 0 Å². The van der Waals surface area contributed by atoms with Crippen LogP contribution in [0, 0.1) is 11.8 Å². The molecule has 17 heavy (non-hydrogen) atoms. The first-order valence-electron chi connectivity index (χ1n) is 6.22. The van der Waals surface area contributed by atoms with Crippen molar-refractivity contribution in [1.29, 1.82) is 0 Å². The van der Waals surface area contributed by atoms with Crippen LogP contribution in [0.25, 0.3) is 0 Å². The van der Waals surface area contributed by atoms with Crippen LogP contribution in [-0.4, -0.2) is 41.1 Å². The molecule has 1 saturated heterocycles. The average molecular weight is 242 g/mol. The van der Waals surface area contributed by atoms with Crippen LogP contribution in [0.5, 0.6) is 0 Å². The number of rotatable bonds is 5. The summed E-state index contributed by atoms with van der Waals surface area (Å²) in [7, 11) is 0. The van der Waals surface area contributed by atoms with Gasteiger partial charge in [-0.2, -0.15) is 0 Å². The maximum atomic E-state index is 11.7. The maximum absolute atomic E-state index is 11.7. The summed E-state index contributed by atoms with van der Waals surface area (Å²) in [6.45, 7) is 6.94. The van der Waals surface area contributed by atoms with E-state index in [1.807, 2.05) is 6.92 Å². The molecule has 2 N–H and O–H groups in total. The number of nitrogens with one attached hydrogen (secondary N) is 1. The third-order valence-corrected chi connectivity index (χ3v) is 3.34. The van der Waals surface area contributed by atoms with Crippen molar-refractivity contribution in [3.63, 3.8) is 0 Å². The van der Waals surface area contributed by atoms with Crippen molar-refractivity contribution in [2.24, 2.45) is 11.8 Å². The van der Waals surface area contributed by atoms with E-state index in [4.69, 9.17) is 5.11 Å². The van der Waals surface area contributed by atoms with Gasteiger partial charge < -0.3 is 15.3 Å². The van der Waals surface area contributed by atoms with E-state index in [2.05, 4.69) is 19.2 Å². The molecular weight excluding hydrogens is 220 g/mol. The number of carboxylic acids is 1. The smallest absolute Gasteiger partial charge is 0.317 e. The van der Waals surface area contributed by atoms with Crippen molar-refractivity contribution < 1.29 is 14.7 Å². The van der Waals surface area contributed by atoms with E-state index in [-0.39, 0.29) is 18.0 Å². The van der Waals surface area contributed by atoms with Crippen molar-refractivity contribution >= 4 is 12.0 Å². The van der Waals surface area contributed by atoms with Gasteiger partial charge in [0.15, 0.2) is 0 Å². The normalized spacial score (nSPS) is 19.4. The van der Waals surface area contributed by atoms with Gasteiger partial charge in [-0.3, -0.25) is 4.79 Å². The molecule has 0 aromatic carbocycles. The van der Waals surface area contributed by atoms with Gasteiger partial charge in [0.2, 0.25) is 0 Å². The molecule has 0 aromatic heterocycles. The van der Waals surface area contributed by atoms with E-state index in [0.717, 1.165) is 12.8 Å². The van der Waals surface area contributed by atoms with Gasteiger partial charge in [-0.05, 0) is 19.3 Å². The van der Waals surface area contributed by atoms with Crippen molar-refractivity contribution in [2.75, 3.05) is 13.1 Å². The second-order valence-corrected chi connectivity index (χ2v) is 5.04. The summed E-state index contributed by atoms with van der Waals surface area (Å²) >= 11 is 0. The first-order chi connectivity index (χ1) is 7.93. The molecule has 0 aromatic rings. The van der Waals surface area contributed by atoms with Gasteiger partial charge in [0.25, 0.3) is 0 Å². The zero-order valence-electron chi connectivity index (χ0n) is 10.8. The maximum Gasteiger partial charge on any atom is 0.317 e. The molecule has 0 aliphatic carbocycles. The second kappa shape index (κ2) is 5.89. The average Bonchev–Trinajstić information content (AvgIpc) is 2.13. The molecule has 0 radical (unpaired) electrons. The standard InChI is InChI=1S/C12H22N2O3/c1-4-8(2)5-9(3)13-12(17)14-6-10(7-14)11(15)16/h8-10H,4-7H2,1-3H3,(H,13,17)(H,15,16). The fourth-order valence-electron chi connectivity index (χ4n) is 1.93. The number of hydrogen-bond donors (Lipinski definition) is 2. The van der Waals surface area contributed by atoms with Gasteiger partial charge in [-0.1, -0.05) is 20.3 Å². The Morgan fingerprint density at radius 2 is 2.00 bits per heavy atom. The second-order valence-electron chi connectivity index (χ2n) is 5.04. The number of amides is 2. The summed E-state index contributed by atoms with van der Waals surface area (Å²) in [6.07, 6.45) is 2.06. The van der Waals surface area contributed by atoms with Gasteiger partial charge in [0.05, 0.1) is 5.92 Å². The minimum atomic E-state index is -0.818. The van der Waals surface area contributed by atoms with Crippen LogP contribution < -0.4 is 5.32 Å². The summed E-state index contributed by atoms with van der Waals surface area (Å²) in [4.78, 5) is 23.8. The minimum absolute atomic E-state index is 0.140. The van der Waals surface area contributed by atoms with Gasteiger partial charge in [0.1, 0.15) is 0 Å². The van der Waals surface area contributed by atoms with Gasteiger partial charge in [0, 0.05) is 19.1 Å². The van der Waals surface area contributed by atoms with Gasteiger partial charge in [-0.15, -0.1) is 0 Å². The van der Waals surface area contributed by atoms with E-state index < -0.39 is 5.97 Å². The number of aliphatic carboxylic acids is 1. The van der Waals surface area contributed by atoms with Crippen molar-refractivity contribution in [3.8, 4) is 0 Å². The third kappa shape index (κ3) is 3.91. The van der Waals surface area contributed by atoms with E-state index in [9.17, 15) is 9.59 Å². The highest BCUT2D eigenvalue weighted by atomic mass is 16.4. The predicted octanol–water partition coefficient (Wildman–Crippen LogP) is 1.54. The molecule has 98 valence electrons. The lowest BCUT2D eigenvalue weighted by Gasteiger charge is -2.37. The Morgan fingerprint density at radius 3 is 2.47 bits per heavy atom. The van der Waals surface area contributed by atoms with Crippen LogP contribution in [-0.2, 0) is 4.79 Å². The molecule has 1 aliphatic heterocycles. The molecule has 1 rings (SSSR count). The number of carboxylic acid groups (broad SMARTS) is 1. The zero-order chi connectivity index (χ0) is 13.0. The number of carbonyl (C=O) groups excluding carboxylic acids is 1. The Morgan fingerprint density at radius 1 is 1.41 bits per heavy atom. The summed E-state index contributed by atoms with van der Waals surface area (Å²) in [6, 6.07) is -0.000342. The number of nitrogens with zero attached hydrogens (tertiary/aromatic N) is 1. The Kier molecular flexibility index (Phi) is 4.78. The molecule has 0 saturated carbocycles. The van der Waals surface area contributed by atoms with Crippen LogP contribution in [0.1, 0.15) is 33.6 Å². The summed E-state index contributed by atoms with van der Waals surface area (Å²) < 4.78 is 0. The lowest BCUT2D eigenvalue weighted by molar-refractivity contribution is -0.146. The Labute approximate surface area is 102 Å². The summed E-state index contributed by atoms with van der Waals surface area (Å²) in [5.74, 6) is -0.610. The molecular formula is C12H22N2O3. The molecule has 0 spiro atoms. The van der Waals surface area contributed by atoms with Crippen LogP contribution in [0.4, 0.5) is 4.79 Å². The van der Waals surface area contributed by atoms with Crippen molar-refractivity contribution in [1.82, 2.24) is 10.2 Å². The summed E-state index contributed by atoms with van der Waals surface area (Å²) in [5, 5.41) is 11.6. The number of carbonyl (C=O) groups is 2.